The van der Waals surface area contributed by atoms with Gasteiger partial charge in [0.1, 0.15) is 17.9 Å². The Morgan fingerprint density at radius 1 is 1.10 bits per heavy atom. The van der Waals surface area contributed by atoms with Crippen molar-refractivity contribution in [1.82, 2.24) is 5.32 Å². The van der Waals surface area contributed by atoms with E-state index in [2.05, 4.69) is 10.3 Å². The van der Waals surface area contributed by atoms with Gasteiger partial charge in [0.15, 0.2) is 12.4 Å². The zero-order valence-electron chi connectivity index (χ0n) is 22.9. The number of nitrogens with one attached hydrogen (secondary N) is 1. The first kappa shape index (κ1) is 34.7. The minimum atomic E-state index is -0.747. The molecule has 0 saturated heterocycles. The molecular weight excluding hydrogens is 651 g/mol. The number of benzene rings is 1. The van der Waals surface area contributed by atoms with Crippen molar-refractivity contribution in [3.05, 3.63) is 53.8 Å². The molecule has 2 rings (SSSR count). The summed E-state index contributed by atoms with van der Waals surface area (Å²) in [4.78, 5) is 29.0. The highest BCUT2D eigenvalue weighted by molar-refractivity contribution is 6.30. The molecule has 1 amide bonds. The topological polar surface area (TPSA) is 143 Å². The summed E-state index contributed by atoms with van der Waals surface area (Å²) in [7, 11) is 0. The molecule has 1 aromatic carbocycles. The molecule has 0 atom stereocenters. The first-order chi connectivity index (χ1) is 18.6. The lowest BCUT2D eigenvalue weighted by molar-refractivity contribution is -0.727. The Bertz CT molecular complexity index is 1130. The SMILES string of the molecule is CC(C)(C)OC(=O)CNC(=O)OC[n+]1ccc(N(CCCCCCOc2ccc(Cl)cc2)C(N)=NC#N)cc1.[I-]. The number of hydrogen-bond acceptors (Lipinski definition) is 7. The Hall–Kier alpha value is -3.31. The van der Waals surface area contributed by atoms with Gasteiger partial charge in [-0.15, -0.1) is 4.99 Å². The van der Waals surface area contributed by atoms with Crippen molar-refractivity contribution in [1.29, 1.82) is 5.26 Å². The molecule has 0 bridgehead atoms. The molecule has 0 unspecified atom stereocenters. The van der Waals surface area contributed by atoms with E-state index in [9.17, 15) is 9.59 Å². The van der Waals surface area contributed by atoms with Crippen molar-refractivity contribution in [2.45, 2.75) is 58.8 Å². The second kappa shape index (κ2) is 18.1. The third-order valence-electron chi connectivity index (χ3n) is 5.13. The summed E-state index contributed by atoms with van der Waals surface area (Å²) < 4.78 is 17.6. The maximum Gasteiger partial charge on any atom is 0.412 e. The van der Waals surface area contributed by atoms with E-state index in [4.69, 9.17) is 36.8 Å². The number of pyridine rings is 1. The van der Waals surface area contributed by atoms with E-state index in [1.54, 1.807) is 73.1 Å². The molecule has 0 saturated carbocycles. The molecule has 0 fully saturated rings. The van der Waals surface area contributed by atoms with Crippen molar-refractivity contribution < 1.29 is 52.3 Å². The van der Waals surface area contributed by atoms with E-state index in [1.165, 1.54) is 0 Å². The molecule has 0 spiro atoms. The molecule has 11 nitrogen and oxygen atoms in total. The number of rotatable bonds is 13. The van der Waals surface area contributed by atoms with Crippen LogP contribution in [0.15, 0.2) is 53.8 Å². The number of nitrogens with zero attached hydrogens (tertiary/aromatic N) is 4. The van der Waals surface area contributed by atoms with E-state index < -0.39 is 17.7 Å². The molecule has 0 aliphatic carbocycles. The van der Waals surface area contributed by atoms with Crippen molar-refractivity contribution in [3.8, 4) is 11.9 Å². The summed E-state index contributed by atoms with van der Waals surface area (Å²) in [5.41, 5.74) is 6.14. The number of nitrogens with two attached hydrogens (primary N) is 1. The number of alkyl carbamates (subject to hydrolysis) is 1. The summed E-state index contributed by atoms with van der Waals surface area (Å²) in [5.74, 6) is 0.331. The van der Waals surface area contributed by atoms with Crippen LogP contribution in [0.2, 0.25) is 5.02 Å². The fourth-order valence-electron chi connectivity index (χ4n) is 3.36. The first-order valence-electron chi connectivity index (χ1n) is 12.6. The zero-order valence-corrected chi connectivity index (χ0v) is 25.9. The number of hydrogen-bond donors (Lipinski definition) is 2. The number of amides is 1. The van der Waals surface area contributed by atoms with E-state index >= 15 is 0 Å². The van der Waals surface area contributed by atoms with Crippen molar-refractivity contribution in [2.75, 3.05) is 24.6 Å². The number of halogens is 2. The standard InChI is InChI=1S/C27H35ClN6O5.HI/c1-27(2,3)39-24(35)18-31-26(36)38-20-33-15-12-22(13-16-33)34(25(30)32-19-29)14-6-4-5-7-17-37-23-10-8-21(28)9-11-23;/h8-13,15-16H,4-7,14,17-18,20H2,1-3H3,(H2-,30,31,32,36);1H. The number of esters is 1. The lowest BCUT2D eigenvalue weighted by Gasteiger charge is -2.22. The van der Waals surface area contributed by atoms with Crippen molar-refractivity contribution >= 4 is 35.3 Å². The monoisotopic (exact) mass is 686 g/mol. The number of guanidine groups is 1. The average molecular weight is 687 g/mol. The van der Waals surface area contributed by atoms with Crippen LogP contribution < -0.4 is 49.2 Å². The molecule has 1 heterocycles. The average Bonchev–Trinajstić information content (AvgIpc) is 2.88. The van der Waals surface area contributed by atoms with Gasteiger partial charge in [-0.05, 0) is 57.9 Å². The molecule has 0 radical (unpaired) electrons. The molecule has 3 N–H and O–H groups in total. The summed E-state index contributed by atoms with van der Waals surface area (Å²) in [5, 5.41) is 12.0. The molecule has 0 aliphatic heterocycles. The fraction of sp³-hybridized carbons (Fsp3) is 0.444. The van der Waals surface area contributed by atoms with E-state index in [0.717, 1.165) is 37.1 Å². The third-order valence-corrected chi connectivity index (χ3v) is 5.38. The lowest BCUT2D eigenvalue weighted by atomic mass is 10.2. The number of aromatic nitrogens is 1. The predicted octanol–water partition coefficient (Wildman–Crippen LogP) is 0.898. The minimum Gasteiger partial charge on any atom is -1.00 e. The maximum absolute atomic E-state index is 11.9. The number of carbonyl (C=O) groups excluding carboxylic acids is 2. The molecule has 13 heteroatoms. The quantitative estimate of drug-likeness (QED) is 0.0602. The van der Waals surface area contributed by atoms with Crippen LogP contribution in [0.1, 0.15) is 46.5 Å². The Morgan fingerprint density at radius 3 is 2.38 bits per heavy atom. The normalized spacial score (nSPS) is 11.0. The van der Waals surface area contributed by atoms with Gasteiger partial charge in [-0.1, -0.05) is 24.4 Å². The fourth-order valence-corrected chi connectivity index (χ4v) is 3.48. The number of nitriles is 1. The molecule has 0 aliphatic rings. The van der Waals surface area contributed by atoms with Gasteiger partial charge in [-0.3, -0.25) is 4.79 Å². The van der Waals surface area contributed by atoms with Crippen molar-refractivity contribution in [3.63, 3.8) is 0 Å². The van der Waals surface area contributed by atoms with Gasteiger partial charge >= 0.3 is 12.1 Å². The highest BCUT2D eigenvalue weighted by atomic mass is 127. The van der Waals surface area contributed by atoms with Crippen LogP contribution in [0.5, 0.6) is 5.75 Å². The highest BCUT2D eigenvalue weighted by Crippen LogP contribution is 2.17. The van der Waals surface area contributed by atoms with Gasteiger partial charge in [0.2, 0.25) is 12.2 Å². The van der Waals surface area contributed by atoms with Gasteiger partial charge in [0.05, 0.1) is 12.3 Å². The van der Waals surface area contributed by atoms with Crippen LogP contribution in [-0.4, -0.2) is 43.3 Å². The van der Waals surface area contributed by atoms with Gasteiger partial charge in [0.25, 0.3) is 6.73 Å². The molecule has 2 aromatic rings. The van der Waals surface area contributed by atoms with Crippen LogP contribution in [-0.2, 0) is 21.0 Å². The van der Waals surface area contributed by atoms with Gasteiger partial charge < -0.3 is 54.1 Å². The highest BCUT2D eigenvalue weighted by Gasteiger charge is 2.18. The Morgan fingerprint density at radius 2 is 1.75 bits per heavy atom. The number of carbonyl (C=O) groups is 2. The minimum absolute atomic E-state index is 0. The van der Waals surface area contributed by atoms with Gasteiger partial charge in [-0.25, -0.2) is 4.79 Å². The Labute approximate surface area is 257 Å². The third kappa shape index (κ3) is 14.2. The predicted molar refractivity (Wildman–Crippen MR) is 147 cm³/mol. The largest absolute Gasteiger partial charge is 1.00 e. The van der Waals surface area contributed by atoms with Crippen LogP contribution >= 0.6 is 11.6 Å². The second-order valence-electron chi connectivity index (χ2n) is 9.51. The first-order valence-corrected chi connectivity index (χ1v) is 12.9. The zero-order chi connectivity index (χ0) is 28.7. The van der Waals surface area contributed by atoms with Crippen LogP contribution in [0, 0.1) is 11.5 Å². The van der Waals surface area contributed by atoms with Gasteiger partial charge in [-0.2, -0.15) is 9.83 Å². The molecule has 1 aromatic heterocycles. The maximum atomic E-state index is 11.9. The number of anilines is 1. The smallest absolute Gasteiger partial charge is 0.412 e. The van der Waals surface area contributed by atoms with Crippen LogP contribution in [0.25, 0.3) is 0 Å². The summed E-state index contributed by atoms with van der Waals surface area (Å²) in [6.07, 6.45) is 8.04. The van der Waals surface area contributed by atoms with E-state index in [-0.39, 0.29) is 43.2 Å². The molecule has 40 heavy (non-hydrogen) atoms. The second-order valence-corrected chi connectivity index (χ2v) is 9.95. The van der Waals surface area contributed by atoms with Crippen LogP contribution in [0.4, 0.5) is 10.5 Å². The summed E-state index contributed by atoms with van der Waals surface area (Å²) in [6, 6.07) is 10.8. The Balaban J connectivity index is 0.00000800. The molecule has 218 valence electrons. The lowest BCUT2D eigenvalue weighted by Crippen LogP contribution is -3.00. The van der Waals surface area contributed by atoms with E-state index in [1.807, 2.05) is 12.1 Å². The van der Waals surface area contributed by atoms with Crippen LogP contribution in [0.3, 0.4) is 0 Å². The number of ether oxygens (including phenoxy) is 3. The van der Waals surface area contributed by atoms with E-state index in [0.29, 0.717) is 18.2 Å². The van der Waals surface area contributed by atoms with Gasteiger partial charge in [0, 0.05) is 23.7 Å². The Kier molecular flexibility index (Phi) is 15.7. The molecular formula is C27H36ClIN6O5. The summed E-state index contributed by atoms with van der Waals surface area (Å²) in [6.45, 7) is 6.05. The van der Waals surface area contributed by atoms with Crippen molar-refractivity contribution in [2.24, 2.45) is 10.7 Å². The summed E-state index contributed by atoms with van der Waals surface area (Å²) >= 11 is 5.88. The number of aliphatic imine (C=N–C) groups is 1. The number of unbranched alkanes of at least 4 members (excludes halogenated alkanes) is 3.